The normalized spacial score (nSPS) is 23.5. The zero-order chi connectivity index (χ0) is 22.4. The molecular weight excluding hydrogens is 431 g/mol. The van der Waals surface area contributed by atoms with Gasteiger partial charge in [-0.25, -0.2) is 4.79 Å². The number of urea groups is 1. The molecule has 1 heterocycles. The van der Waals surface area contributed by atoms with E-state index in [1.807, 2.05) is 45.0 Å². The number of aliphatic hydroxyl groups is 1. The standard InChI is InChI=1S/C25H24Cl2N2O2/c1-4-24(3)25(31,18-7-5-6-17(2)16-18)29(22-14-10-20(27)11-15-22)23(30)28(24)21-12-8-19(26)9-13-21/h5-16,31H,4H2,1-3H3/t24-,25?/m1/s1. The molecule has 0 aliphatic carbocycles. The van der Waals surface area contributed by atoms with Crippen molar-refractivity contribution in [2.24, 2.45) is 0 Å². The van der Waals surface area contributed by atoms with E-state index in [1.165, 1.54) is 4.90 Å². The Kier molecular flexibility index (Phi) is 5.50. The summed E-state index contributed by atoms with van der Waals surface area (Å²) in [7, 11) is 0. The topological polar surface area (TPSA) is 43.8 Å². The zero-order valence-corrected chi connectivity index (χ0v) is 19.2. The SMILES string of the molecule is CC[C@@]1(C)N(c2ccc(Cl)cc2)C(=O)N(c2ccc(Cl)cc2)C1(O)c1cccc(C)c1. The Morgan fingerprint density at radius 1 is 0.871 bits per heavy atom. The van der Waals surface area contributed by atoms with E-state index < -0.39 is 11.3 Å². The van der Waals surface area contributed by atoms with Gasteiger partial charge in [0.15, 0.2) is 5.72 Å². The van der Waals surface area contributed by atoms with Gasteiger partial charge in [0.05, 0.1) is 5.54 Å². The highest BCUT2D eigenvalue weighted by atomic mass is 35.5. The highest BCUT2D eigenvalue weighted by Gasteiger charge is 2.65. The molecular formula is C25H24Cl2N2O2. The van der Waals surface area contributed by atoms with E-state index in [2.05, 4.69) is 0 Å². The molecule has 1 unspecified atom stereocenters. The molecule has 0 aromatic heterocycles. The summed E-state index contributed by atoms with van der Waals surface area (Å²) in [5, 5.41) is 13.6. The number of hydrogen-bond donors (Lipinski definition) is 1. The first-order valence-electron chi connectivity index (χ1n) is 10.2. The Bertz CT molecular complexity index is 1120. The summed E-state index contributed by atoms with van der Waals surface area (Å²) in [6.07, 6.45) is 0.510. The summed E-state index contributed by atoms with van der Waals surface area (Å²) < 4.78 is 0. The van der Waals surface area contributed by atoms with Gasteiger partial charge in [-0.05, 0) is 68.8 Å². The van der Waals surface area contributed by atoms with E-state index in [0.717, 1.165) is 5.56 Å². The number of benzene rings is 3. The Labute approximate surface area is 192 Å². The first-order chi connectivity index (χ1) is 14.7. The number of hydrogen-bond acceptors (Lipinski definition) is 2. The molecule has 0 bridgehead atoms. The molecule has 4 rings (SSSR count). The molecule has 2 amide bonds. The van der Waals surface area contributed by atoms with Crippen molar-refractivity contribution in [3.63, 3.8) is 0 Å². The number of aryl methyl sites for hydroxylation is 1. The highest BCUT2D eigenvalue weighted by molar-refractivity contribution is 6.31. The van der Waals surface area contributed by atoms with E-state index in [4.69, 9.17) is 23.2 Å². The predicted octanol–water partition coefficient (Wildman–Crippen LogP) is 6.76. The molecule has 1 aliphatic rings. The third-order valence-corrected chi connectivity index (χ3v) is 6.73. The maximum atomic E-state index is 14.0. The number of rotatable bonds is 4. The lowest BCUT2D eigenvalue weighted by atomic mass is 9.79. The van der Waals surface area contributed by atoms with E-state index in [1.54, 1.807) is 53.4 Å². The van der Waals surface area contributed by atoms with Crippen LogP contribution < -0.4 is 9.80 Å². The van der Waals surface area contributed by atoms with E-state index in [0.29, 0.717) is 33.4 Å². The Hall–Kier alpha value is -2.53. The maximum Gasteiger partial charge on any atom is 0.332 e. The van der Waals surface area contributed by atoms with Crippen molar-refractivity contribution >= 4 is 40.6 Å². The van der Waals surface area contributed by atoms with Crippen LogP contribution in [-0.4, -0.2) is 16.7 Å². The molecule has 0 radical (unpaired) electrons. The second-order valence-corrected chi connectivity index (χ2v) is 8.95. The molecule has 2 atom stereocenters. The van der Waals surface area contributed by atoms with Gasteiger partial charge in [-0.2, -0.15) is 0 Å². The van der Waals surface area contributed by atoms with Gasteiger partial charge in [-0.15, -0.1) is 0 Å². The summed E-state index contributed by atoms with van der Waals surface area (Å²) in [6.45, 7) is 5.86. The minimum Gasteiger partial charge on any atom is -0.364 e. The summed E-state index contributed by atoms with van der Waals surface area (Å²) >= 11 is 12.2. The molecule has 1 aliphatic heterocycles. The smallest absolute Gasteiger partial charge is 0.332 e. The fourth-order valence-electron chi connectivity index (χ4n) is 4.43. The summed E-state index contributed by atoms with van der Waals surface area (Å²) in [4.78, 5) is 17.1. The number of carbonyl (C=O) groups excluding carboxylic acids is 1. The first-order valence-corrected chi connectivity index (χ1v) is 10.9. The number of nitrogens with zero attached hydrogens (tertiary/aromatic N) is 2. The van der Waals surface area contributed by atoms with Gasteiger partial charge in [0.1, 0.15) is 0 Å². The second kappa shape index (κ2) is 7.86. The van der Waals surface area contributed by atoms with Gasteiger partial charge in [0, 0.05) is 27.0 Å². The van der Waals surface area contributed by atoms with Crippen molar-refractivity contribution in [1.82, 2.24) is 0 Å². The molecule has 1 fully saturated rings. The van der Waals surface area contributed by atoms with Crippen LogP contribution in [0, 0.1) is 6.92 Å². The minimum absolute atomic E-state index is 0.321. The van der Waals surface area contributed by atoms with Crippen molar-refractivity contribution in [3.05, 3.63) is 94.0 Å². The van der Waals surface area contributed by atoms with Crippen LogP contribution in [0.5, 0.6) is 0 Å². The van der Waals surface area contributed by atoms with Gasteiger partial charge in [0.25, 0.3) is 0 Å². The first kappa shape index (κ1) is 21.7. The Balaban J connectivity index is 2.00. The van der Waals surface area contributed by atoms with Crippen LogP contribution >= 0.6 is 23.2 Å². The van der Waals surface area contributed by atoms with Crippen molar-refractivity contribution in [1.29, 1.82) is 0 Å². The molecule has 1 N–H and O–H groups in total. The summed E-state index contributed by atoms with van der Waals surface area (Å²) in [6, 6.07) is 21.4. The van der Waals surface area contributed by atoms with Crippen molar-refractivity contribution in [2.75, 3.05) is 9.80 Å². The van der Waals surface area contributed by atoms with Gasteiger partial charge in [0.2, 0.25) is 0 Å². The average molecular weight is 455 g/mol. The molecule has 0 spiro atoms. The molecule has 160 valence electrons. The number of amides is 2. The average Bonchev–Trinajstić information content (AvgIpc) is 2.93. The van der Waals surface area contributed by atoms with Crippen LogP contribution in [0.15, 0.2) is 72.8 Å². The number of anilines is 2. The lowest BCUT2D eigenvalue weighted by Gasteiger charge is -2.44. The molecule has 3 aromatic carbocycles. The van der Waals surface area contributed by atoms with E-state index in [9.17, 15) is 9.90 Å². The third-order valence-electron chi connectivity index (χ3n) is 6.23. The number of halogens is 2. The molecule has 0 saturated carbocycles. The van der Waals surface area contributed by atoms with E-state index >= 15 is 0 Å². The van der Waals surface area contributed by atoms with Crippen LogP contribution in [-0.2, 0) is 5.72 Å². The quantitative estimate of drug-likeness (QED) is 0.472. The minimum atomic E-state index is -1.63. The monoisotopic (exact) mass is 454 g/mol. The lowest BCUT2D eigenvalue weighted by molar-refractivity contribution is -0.0118. The van der Waals surface area contributed by atoms with Crippen molar-refractivity contribution < 1.29 is 9.90 Å². The van der Waals surface area contributed by atoms with Crippen LogP contribution in [0.25, 0.3) is 0 Å². The molecule has 31 heavy (non-hydrogen) atoms. The fourth-order valence-corrected chi connectivity index (χ4v) is 4.68. The second-order valence-electron chi connectivity index (χ2n) is 8.08. The fraction of sp³-hybridized carbons (Fsp3) is 0.240. The molecule has 3 aromatic rings. The van der Waals surface area contributed by atoms with Crippen molar-refractivity contribution in [3.8, 4) is 0 Å². The third kappa shape index (κ3) is 3.30. The van der Waals surface area contributed by atoms with E-state index in [-0.39, 0.29) is 6.03 Å². The van der Waals surface area contributed by atoms with Crippen molar-refractivity contribution in [2.45, 2.75) is 38.5 Å². The summed E-state index contributed by atoms with van der Waals surface area (Å²) in [5.74, 6) is 0. The highest BCUT2D eigenvalue weighted by Crippen LogP contribution is 2.52. The van der Waals surface area contributed by atoms with Crippen LogP contribution in [0.1, 0.15) is 31.4 Å². The molecule has 1 saturated heterocycles. The number of carbonyl (C=O) groups is 1. The molecule has 4 nitrogen and oxygen atoms in total. The van der Waals surface area contributed by atoms with Gasteiger partial charge in [-0.1, -0.05) is 60.0 Å². The van der Waals surface area contributed by atoms with Crippen LogP contribution in [0.2, 0.25) is 10.0 Å². The van der Waals surface area contributed by atoms with Crippen LogP contribution in [0.4, 0.5) is 16.2 Å². The Morgan fingerprint density at radius 2 is 1.39 bits per heavy atom. The van der Waals surface area contributed by atoms with Gasteiger partial charge < -0.3 is 5.11 Å². The lowest BCUT2D eigenvalue weighted by Crippen LogP contribution is -2.57. The summed E-state index contributed by atoms with van der Waals surface area (Å²) in [5.41, 5.74) is 0.286. The van der Waals surface area contributed by atoms with Gasteiger partial charge in [-0.3, -0.25) is 9.80 Å². The molecule has 6 heteroatoms. The maximum absolute atomic E-state index is 14.0. The van der Waals surface area contributed by atoms with Crippen LogP contribution in [0.3, 0.4) is 0 Å². The zero-order valence-electron chi connectivity index (χ0n) is 17.6. The van der Waals surface area contributed by atoms with Gasteiger partial charge >= 0.3 is 6.03 Å². The Morgan fingerprint density at radius 3 is 1.87 bits per heavy atom. The largest absolute Gasteiger partial charge is 0.364 e. The predicted molar refractivity (Wildman–Crippen MR) is 127 cm³/mol.